The van der Waals surface area contributed by atoms with Gasteiger partial charge in [0.1, 0.15) is 12.7 Å². The smallest absolute Gasteiger partial charge is 0.407 e. The highest BCUT2D eigenvalue weighted by atomic mass is 16.5. The molecular formula is C26H30N2O7. The van der Waals surface area contributed by atoms with E-state index in [0.717, 1.165) is 22.3 Å². The molecule has 2 amide bonds. The zero-order chi connectivity index (χ0) is 24.8. The molecule has 0 bridgehead atoms. The molecule has 9 nitrogen and oxygen atoms in total. The number of carbonyl (C=O) groups excluding carboxylic acids is 2. The number of rotatable bonds is 10. The van der Waals surface area contributed by atoms with Gasteiger partial charge in [0.15, 0.2) is 6.10 Å². The highest BCUT2D eigenvalue weighted by Crippen LogP contribution is 2.44. The maximum absolute atomic E-state index is 12.5. The molecule has 1 saturated heterocycles. The van der Waals surface area contributed by atoms with E-state index in [4.69, 9.17) is 19.3 Å². The van der Waals surface area contributed by atoms with E-state index >= 15 is 0 Å². The third kappa shape index (κ3) is 5.63. The Morgan fingerprint density at radius 2 is 1.71 bits per heavy atom. The average Bonchev–Trinajstić information content (AvgIpc) is 3.46. The van der Waals surface area contributed by atoms with Gasteiger partial charge in [-0.25, -0.2) is 9.59 Å². The summed E-state index contributed by atoms with van der Waals surface area (Å²) in [6.07, 6.45) is -1.47. The van der Waals surface area contributed by atoms with Crippen molar-refractivity contribution in [3.8, 4) is 11.1 Å². The first-order valence-corrected chi connectivity index (χ1v) is 11.7. The number of carboxylic acid groups (broad SMARTS) is 1. The van der Waals surface area contributed by atoms with Crippen molar-refractivity contribution in [3.63, 3.8) is 0 Å². The van der Waals surface area contributed by atoms with E-state index in [9.17, 15) is 14.4 Å². The van der Waals surface area contributed by atoms with Crippen LogP contribution >= 0.6 is 0 Å². The first-order chi connectivity index (χ1) is 17.0. The molecule has 9 heteroatoms. The van der Waals surface area contributed by atoms with E-state index in [0.29, 0.717) is 13.0 Å². The van der Waals surface area contributed by atoms with E-state index in [2.05, 4.69) is 34.9 Å². The Labute approximate surface area is 203 Å². The van der Waals surface area contributed by atoms with Crippen molar-refractivity contribution in [1.82, 2.24) is 10.6 Å². The van der Waals surface area contributed by atoms with Crippen LogP contribution in [0.5, 0.6) is 0 Å². The molecule has 3 atom stereocenters. The molecule has 2 aromatic rings. The van der Waals surface area contributed by atoms with Gasteiger partial charge >= 0.3 is 12.1 Å². The lowest BCUT2D eigenvalue weighted by molar-refractivity contribution is -0.149. The lowest BCUT2D eigenvalue weighted by Crippen LogP contribution is -2.43. The van der Waals surface area contributed by atoms with Crippen molar-refractivity contribution in [3.05, 3.63) is 59.7 Å². The molecule has 1 aliphatic heterocycles. The summed E-state index contributed by atoms with van der Waals surface area (Å²) in [5.74, 6) is -1.64. The Balaban J connectivity index is 1.25. The zero-order valence-corrected chi connectivity index (χ0v) is 19.6. The topological polar surface area (TPSA) is 123 Å². The molecule has 186 valence electrons. The highest BCUT2D eigenvalue weighted by Gasteiger charge is 2.35. The number of nitrogens with one attached hydrogen (secondary N) is 2. The number of aliphatic carboxylic acids is 1. The number of amides is 2. The van der Waals surface area contributed by atoms with E-state index in [-0.39, 0.29) is 43.9 Å². The van der Waals surface area contributed by atoms with Gasteiger partial charge in [-0.1, -0.05) is 48.5 Å². The minimum Gasteiger partial charge on any atom is -0.479 e. The number of hydrogen-bond donors (Lipinski definition) is 3. The number of hydrogen-bond acceptors (Lipinski definition) is 6. The standard InChI is InChI=1S/C26H30N2O7/c1-33-22(25(30)31)10-12-27-24(29)23-16(11-13-34-23)14-28-26(32)35-15-21-19-8-4-2-6-17(19)18-7-3-5-9-20(18)21/h2-9,16,21-23H,10-15H2,1H3,(H,27,29)(H,28,32)(H,30,31)/t16-,22?,23-/m0/s1. The fourth-order valence-electron chi connectivity index (χ4n) is 4.77. The minimum atomic E-state index is -1.08. The Bertz CT molecular complexity index is 1030. The normalized spacial score (nSPS) is 19.5. The fraction of sp³-hybridized carbons (Fsp3) is 0.423. The van der Waals surface area contributed by atoms with Gasteiger partial charge in [0.05, 0.1) is 0 Å². The van der Waals surface area contributed by atoms with Crippen LogP contribution in [0.25, 0.3) is 11.1 Å². The maximum Gasteiger partial charge on any atom is 0.407 e. The monoisotopic (exact) mass is 482 g/mol. The average molecular weight is 483 g/mol. The van der Waals surface area contributed by atoms with Gasteiger partial charge < -0.3 is 30.0 Å². The Kier molecular flexibility index (Phi) is 7.99. The van der Waals surface area contributed by atoms with E-state index in [1.54, 1.807) is 0 Å². The summed E-state index contributed by atoms with van der Waals surface area (Å²) in [6, 6.07) is 16.3. The second kappa shape index (κ2) is 11.3. The molecule has 2 aliphatic rings. The molecule has 0 spiro atoms. The summed E-state index contributed by atoms with van der Waals surface area (Å²) in [5, 5.41) is 14.5. The summed E-state index contributed by atoms with van der Waals surface area (Å²) in [7, 11) is 1.31. The predicted molar refractivity (Wildman–Crippen MR) is 127 cm³/mol. The van der Waals surface area contributed by atoms with Gasteiger partial charge in [0.25, 0.3) is 0 Å². The number of ether oxygens (including phenoxy) is 3. The van der Waals surface area contributed by atoms with Crippen LogP contribution in [0.1, 0.15) is 29.9 Å². The summed E-state index contributed by atoms with van der Waals surface area (Å²) in [4.78, 5) is 36.0. The predicted octanol–water partition coefficient (Wildman–Crippen LogP) is 2.54. The number of benzene rings is 2. The Morgan fingerprint density at radius 3 is 2.34 bits per heavy atom. The zero-order valence-electron chi connectivity index (χ0n) is 19.6. The van der Waals surface area contributed by atoms with Crippen LogP contribution in [0.3, 0.4) is 0 Å². The Morgan fingerprint density at radius 1 is 1.06 bits per heavy atom. The van der Waals surface area contributed by atoms with Crippen molar-refractivity contribution >= 4 is 18.0 Å². The van der Waals surface area contributed by atoms with Crippen molar-refractivity contribution in [2.75, 3.05) is 33.4 Å². The molecule has 2 aromatic carbocycles. The third-order valence-electron chi connectivity index (χ3n) is 6.59. The molecule has 1 unspecified atom stereocenters. The largest absolute Gasteiger partial charge is 0.479 e. The molecule has 1 heterocycles. The molecule has 3 N–H and O–H groups in total. The molecule has 35 heavy (non-hydrogen) atoms. The van der Waals surface area contributed by atoms with E-state index in [1.807, 2.05) is 24.3 Å². The van der Waals surface area contributed by atoms with E-state index in [1.165, 1.54) is 7.11 Å². The lowest BCUT2D eigenvalue weighted by atomic mass is 9.98. The molecule has 4 rings (SSSR count). The van der Waals surface area contributed by atoms with Gasteiger partial charge in [-0.15, -0.1) is 0 Å². The lowest BCUT2D eigenvalue weighted by Gasteiger charge is -2.19. The van der Waals surface area contributed by atoms with Crippen LogP contribution in [-0.2, 0) is 23.8 Å². The van der Waals surface area contributed by atoms with Gasteiger partial charge in [0.2, 0.25) is 5.91 Å². The SMILES string of the molecule is COC(CCNC(=O)[C@H]1OCC[C@H]1CNC(=O)OCC1c2ccccc2-c2ccccc21)C(=O)O. The second-order valence-electron chi connectivity index (χ2n) is 8.69. The van der Waals surface area contributed by atoms with Crippen LogP contribution < -0.4 is 10.6 Å². The molecule has 0 aromatic heterocycles. The first kappa shape index (κ1) is 24.7. The molecule has 1 fully saturated rings. The van der Waals surface area contributed by atoms with Gasteiger partial charge in [-0.2, -0.15) is 0 Å². The Hall–Kier alpha value is -3.43. The van der Waals surface area contributed by atoms with Crippen LogP contribution in [-0.4, -0.2) is 68.7 Å². The number of methoxy groups -OCH3 is 1. The second-order valence-corrected chi connectivity index (χ2v) is 8.69. The molecular weight excluding hydrogens is 452 g/mol. The summed E-state index contributed by atoms with van der Waals surface area (Å²) >= 11 is 0. The first-order valence-electron chi connectivity index (χ1n) is 11.7. The maximum atomic E-state index is 12.5. The van der Waals surface area contributed by atoms with Gasteiger partial charge in [-0.3, -0.25) is 4.79 Å². The van der Waals surface area contributed by atoms with Gasteiger partial charge in [-0.05, 0) is 28.7 Å². The number of carbonyl (C=O) groups is 3. The molecule has 1 aliphatic carbocycles. The third-order valence-corrected chi connectivity index (χ3v) is 6.59. The summed E-state index contributed by atoms with van der Waals surface area (Å²) < 4.78 is 16.0. The number of fused-ring (bicyclic) bond motifs is 3. The minimum absolute atomic E-state index is 0.0248. The van der Waals surface area contributed by atoms with Crippen LogP contribution in [0.4, 0.5) is 4.79 Å². The van der Waals surface area contributed by atoms with Crippen LogP contribution in [0.2, 0.25) is 0 Å². The van der Waals surface area contributed by atoms with Gasteiger partial charge in [0, 0.05) is 45.1 Å². The van der Waals surface area contributed by atoms with Crippen molar-refractivity contribution in [1.29, 1.82) is 0 Å². The molecule has 0 saturated carbocycles. The highest BCUT2D eigenvalue weighted by molar-refractivity contribution is 5.82. The number of alkyl carbamates (subject to hydrolysis) is 1. The van der Waals surface area contributed by atoms with Crippen LogP contribution in [0, 0.1) is 5.92 Å². The van der Waals surface area contributed by atoms with Crippen molar-refractivity contribution in [2.24, 2.45) is 5.92 Å². The van der Waals surface area contributed by atoms with Crippen LogP contribution in [0.15, 0.2) is 48.5 Å². The molecule has 0 radical (unpaired) electrons. The summed E-state index contributed by atoms with van der Waals surface area (Å²) in [6.45, 7) is 1.01. The number of carboxylic acids is 1. The van der Waals surface area contributed by atoms with E-state index < -0.39 is 24.3 Å². The quantitative estimate of drug-likeness (QED) is 0.476. The van der Waals surface area contributed by atoms with Crippen molar-refractivity contribution in [2.45, 2.75) is 31.0 Å². The fourth-order valence-corrected chi connectivity index (χ4v) is 4.77. The van der Waals surface area contributed by atoms with Crippen molar-refractivity contribution < 1.29 is 33.7 Å². The summed E-state index contributed by atoms with van der Waals surface area (Å²) in [5.41, 5.74) is 4.60.